The summed E-state index contributed by atoms with van der Waals surface area (Å²) in [5, 5.41) is 3.32. The first kappa shape index (κ1) is 13.1. The van der Waals surface area contributed by atoms with Crippen LogP contribution in [-0.4, -0.2) is 41.6 Å². The predicted molar refractivity (Wildman–Crippen MR) is 72.6 cm³/mol. The Balaban J connectivity index is 1.98. The zero-order chi connectivity index (χ0) is 13.1. The van der Waals surface area contributed by atoms with Gasteiger partial charge in [-0.1, -0.05) is 0 Å². The van der Waals surface area contributed by atoms with Gasteiger partial charge >= 0.3 is 0 Å². The molecule has 1 aromatic heterocycles. The Morgan fingerprint density at radius 3 is 2.56 bits per heavy atom. The molecule has 4 nitrogen and oxygen atoms in total. The maximum Gasteiger partial charge on any atom is 0.270 e. The number of aryl methyl sites for hydroxylation is 1. The van der Waals surface area contributed by atoms with Gasteiger partial charge in [0.05, 0.1) is 0 Å². The second kappa shape index (κ2) is 5.57. The molecule has 0 bridgehead atoms. The third-order valence-electron chi connectivity index (χ3n) is 4.14. The van der Waals surface area contributed by atoms with Crippen molar-refractivity contribution in [2.45, 2.75) is 37.8 Å². The molecule has 1 aromatic rings. The minimum atomic E-state index is 0.135. The highest BCUT2D eigenvalue weighted by molar-refractivity contribution is 5.92. The number of rotatable bonds is 3. The van der Waals surface area contributed by atoms with Crippen molar-refractivity contribution in [3.8, 4) is 0 Å². The molecule has 100 valence electrons. The lowest BCUT2D eigenvalue weighted by molar-refractivity contribution is 0.0676. The Bertz CT molecular complexity index is 405. The summed E-state index contributed by atoms with van der Waals surface area (Å²) in [7, 11) is 5.86. The van der Waals surface area contributed by atoms with E-state index in [0.717, 1.165) is 31.4 Å². The van der Waals surface area contributed by atoms with Crippen molar-refractivity contribution >= 4 is 5.91 Å². The summed E-state index contributed by atoms with van der Waals surface area (Å²) in [6.07, 6.45) is 6.42. The quantitative estimate of drug-likeness (QED) is 0.884. The zero-order valence-electron chi connectivity index (χ0n) is 11.5. The molecule has 18 heavy (non-hydrogen) atoms. The second-order valence-corrected chi connectivity index (χ2v) is 5.21. The molecule has 1 aliphatic rings. The van der Waals surface area contributed by atoms with Gasteiger partial charge in [-0.15, -0.1) is 0 Å². The molecule has 0 aromatic carbocycles. The predicted octanol–water partition coefficient (Wildman–Crippen LogP) is 1.63. The van der Waals surface area contributed by atoms with E-state index in [0.29, 0.717) is 12.1 Å². The smallest absolute Gasteiger partial charge is 0.270 e. The van der Waals surface area contributed by atoms with Gasteiger partial charge in [-0.2, -0.15) is 0 Å². The molecular weight excluding hydrogens is 226 g/mol. The van der Waals surface area contributed by atoms with Gasteiger partial charge < -0.3 is 14.8 Å². The van der Waals surface area contributed by atoms with Crippen molar-refractivity contribution in [1.29, 1.82) is 0 Å². The molecule has 0 atom stereocenters. The summed E-state index contributed by atoms with van der Waals surface area (Å²) < 4.78 is 1.89. The van der Waals surface area contributed by atoms with Gasteiger partial charge in [0.1, 0.15) is 5.69 Å². The molecule has 0 radical (unpaired) electrons. The summed E-state index contributed by atoms with van der Waals surface area (Å²) in [6.45, 7) is 0. The van der Waals surface area contributed by atoms with Crippen molar-refractivity contribution in [2.24, 2.45) is 7.05 Å². The molecule has 0 saturated heterocycles. The van der Waals surface area contributed by atoms with E-state index >= 15 is 0 Å². The molecule has 4 heteroatoms. The number of aromatic nitrogens is 1. The van der Waals surface area contributed by atoms with E-state index in [-0.39, 0.29) is 5.91 Å². The van der Waals surface area contributed by atoms with Gasteiger partial charge in [0.15, 0.2) is 0 Å². The van der Waals surface area contributed by atoms with Crippen molar-refractivity contribution in [1.82, 2.24) is 14.8 Å². The van der Waals surface area contributed by atoms with Crippen LogP contribution >= 0.6 is 0 Å². The highest BCUT2D eigenvalue weighted by Crippen LogP contribution is 2.23. The molecule has 1 fully saturated rings. The Labute approximate surface area is 109 Å². The van der Waals surface area contributed by atoms with Crippen LogP contribution in [0.2, 0.25) is 0 Å². The van der Waals surface area contributed by atoms with Gasteiger partial charge in [0, 0.05) is 32.4 Å². The Morgan fingerprint density at radius 1 is 1.39 bits per heavy atom. The monoisotopic (exact) mass is 249 g/mol. The lowest BCUT2D eigenvalue weighted by Crippen LogP contribution is -2.43. The number of carbonyl (C=O) groups is 1. The first-order chi connectivity index (χ1) is 8.63. The van der Waals surface area contributed by atoms with Crippen LogP contribution in [0.5, 0.6) is 0 Å². The van der Waals surface area contributed by atoms with E-state index < -0.39 is 0 Å². The zero-order valence-corrected chi connectivity index (χ0v) is 11.5. The van der Waals surface area contributed by atoms with Crippen LogP contribution in [0.25, 0.3) is 0 Å². The SMILES string of the molecule is CNC1CCC(N(C)C(=O)c2cccn2C)CC1. The summed E-state index contributed by atoms with van der Waals surface area (Å²) in [5.41, 5.74) is 0.772. The van der Waals surface area contributed by atoms with Crippen molar-refractivity contribution in [3.63, 3.8) is 0 Å². The van der Waals surface area contributed by atoms with Crippen molar-refractivity contribution in [3.05, 3.63) is 24.0 Å². The first-order valence-electron chi connectivity index (χ1n) is 6.69. The number of nitrogens with one attached hydrogen (secondary N) is 1. The largest absolute Gasteiger partial charge is 0.347 e. The molecule has 0 unspecified atom stereocenters. The number of nitrogens with zero attached hydrogens (tertiary/aromatic N) is 2. The maximum absolute atomic E-state index is 12.4. The van der Waals surface area contributed by atoms with E-state index in [1.807, 2.05) is 48.9 Å². The van der Waals surface area contributed by atoms with Crippen molar-refractivity contribution in [2.75, 3.05) is 14.1 Å². The summed E-state index contributed by atoms with van der Waals surface area (Å²) in [5.74, 6) is 0.135. The minimum absolute atomic E-state index is 0.135. The fraction of sp³-hybridized carbons (Fsp3) is 0.643. The summed E-state index contributed by atoms with van der Waals surface area (Å²) >= 11 is 0. The molecule has 1 aliphatic carbocycles. The molecule has 0 aliphatic heterocycles. The highest BCUT2D eigenvalue weighted by atomic mass is 16.2. The Morgan fingerprint density at radius 2 is 2.06 bits per heavy atom. The number of hydrogen-bond acceptors (Lipinski definition) is 2. The molecule has 1 saturated carbocycles. The third kappa shape index (κ3) is 2.58. The maximum atomic E-state index is 12.4. The second-order valence-electron chi connectivity index (χ2n) is 5.21. The minimum Gasteiger partial charge on any atom is -0.347 e. The topological polar surface area (TPSA) is 37.3 Å². The van der Waals surface area contributed by atoms with E-state index in [4.69, 9.17) is 0 Å². The average molecular weight is 249 g/mol. The average Bonchev–Trinajstić information content (AvgIpc) is 2.83. The van der Waals surface area contributed by atoms with Crippen LogP contribution in [0.4, 0.5) is 0 Å². The normalized spacial score (nSPS) is 23.9. The van der Waals surface area contributed by atoms with Gasteiger partial charge in [-0.3, -0.25) is 4.79 Å². The Kier molecular flexibility index (Phi) is 4.07. The van der Waals surface area contributed by atoms with Gasteiger partial charge in [0.2, 0.25) is 0 Å². The van der Waals surface area contributed by atoms with E-state index in [1.165, 1.54) is 0 Å². The van der Waals surface area contributed by atoms with Crippen LogP contribution in [0, 0.1) is 0 Å². The van der Waals surface area contributed by atoms with Gasteiger partial charge in [0.25, 0.3) is 5.91 Å². The molecule has 1 N–H and O–H groups in total. The molecular formula is C14H23N3O. The van der Waals surface area contributed by atoms with Crippen LogP contribution in [-0.2, 0) is 7.05 Å². The molecule has 0 spiro atoms. The van der Waals surface area contributed by atoms with Crippen LogP contribution in [0.3, 0.4) is 0 Å². The molecule has 2 rings (SSSR count). The van der Waals surface area contributed by atoms with Gasteiger partial charge in [-0.25, -0.2) is 0 Å². The summed E-state index contributed by atoms with van der Waals surface area (Å²) in [6, 6.07) is 4.81. The fourth-order valence-electron chi connectivity index (χ4n) is 2.78. The molecule has 1 heterocycles. The van der Waals surface area contributed by atoms with E-state index in [1.54, 1.807) is 0 Å². The number of amides is 1. The van der Waals surface area contributed by atoms with E-state index in [9.17, 15) is 4.79 Å². The highest BCUT2D eigenvalue weighted by Gasteiger charge is 2.27. The first-order valence-corrected chi connectivity index (χ1v) is 6.69. The standard InChI is InChI=1S/C14H23N3O/c1-15-11-6-8-12(9-7-11)17(3)14(18)13-5-4-10-16(13)2/h4-5,10-12,15H,6-9H2,1-3H3. The lowest BCUT2D eigenvalue weighted by Gasteiger charge is -2.34. The van der Waals surface area contributed by atoms with Crippen LogP contribution < -0.4 is 5.32 Å². The third-order valence-corrected chi connectivity index (χ3v) is 4.14. The fourth-order valence-corrected chi connectivity index (χ4v) is 2.78. The van der Waals surface area contributed by atoms with Crippen molar-refractivity contribution < 1.29 is 4.79 Å². The van der Waals surface area contributed by atoms with Crippen LogP contribution in [0.1, 0.15) is 36.2 Å². The number of hydrogen-bond donors (Lipinski definition) is 1. The van der Waals surface area contributed by atoms with Gasteiger partial charge in [-0.05, 0) is 44.9 Å². The Hall–Kier alpha value is -1.29. The van der Waals surface area contributed by atoms with Crippen LogP contribution in [0.15, 0.2) is 18.3 Å². The summed E-state index contributed by atoms with van der Waals surface area (Å²) in [4.78, 5) is 14.3. The molecule has 1 amide bonds. The van der Waals surface area contributed by atoms with E-state index in [2.05, 4.69) is 5.32 Å². The lowest BCUT2D eigenvalue weighted by atomic mass is 9.90. The number of carbonyl (C=O) groups excluding carboxylic acids is 1.